The Morgan fingerprint density at radius 1 is 1.00 bits per heavy atom. The highest BCUT2D eigenvalue weighted by Crippen LogP contribution is 2.32. The Morgan fingerprint density at radius 3 is 2.76 bits per heavy atom. The number of ether oxygens (including phenoxy) is 1. The maximum Gasteiger partial charge on any atom is 0.135 e. The molecular formula is C28H25N5O. The van der Waals surface area contributed by atoms with Crippen molar-refractivity contribution >= 4 is 16.9 Å². The van der Waals surface area contributed by atoms with Crippen LogP contribution in [0.4, 0.5) is 5.82 Å². The Kier molecular flexibility index (Phi) is 5.18. The molecule has 0 amide bonds. The molecule has 6 rings (SSSR count). The van der Waals surface area contributed by atoms with Crippen LogP contribution in [0.3, 0.4) is 0 Å². The molecule has 3 heterocycles. The molecule has 0 saturated heterocycles. The van der Waals surface area contributed by atoms with Crippen molar-refractivity contribution in [3.63, 3.8) is 0 Å². The first-order valence-electron chi connectivity index (χ1n) is 11.5. The molecule has 168 valence electrons. The van der Waals surface area contributed by atoms with Crippen molar-refractivity contribution in [2.45, 2.75) is 19.9 Å². The smallest absolute Gasteiger partial charge is 0.135 e. The van der Waals surface area contributed by atoms with E-state index in [1.165, 1.54) is 5.56 Å². The van der Waals surface area contributed by atoms with Crippen LogP contribution in [-0.2, 0) is 13.0 Å². The number of nitrogens with zero attached hydrogens (tertiary/aromatic N) is 4. The van der Waals surface area contributed by atoms with Gasteiger partial charge >= 0.3 is 0 Å². The van der Waals surface area contributed by atoms with Gasteiger partial charge in [0.25, 0.3) is 0 Å². The van der Waals surface area contributed by atoms with E-state index < -0.39 is 0 Å². The van der Waals surface area contributed by atoms with E-state index in [4.69, 9.17) is 4.74 Å². The Bertz CT molecular complexity index is 1460. The lowest BCUT2D eigenvalue weighted by Crippen LogP contribution is -2.27. The number of hydrogen-bond acceptors (Lipinski definition) is 5. The molecule has 0 spiro atoms. The van der Waals surface area contributed by atoms with Gasteiger partial charge in [0.1, 0.15) is 30.3 Å². The van der Waals surface area contributed by atoms with Crippen LogP contribution < -0.4 is 9.64 Å². The van der Waals surface area contributed by atoms with Crippen molar-refractivity contribution < 1.29 is 4.74 Å². The average Bonchev–Trinajstić information content (AvgIpc) is 3.11. The summed E-state index contributed by atoms with van der Waals surface area (Å²) in [5.74, 6) is 2.83. The molecule has 0 fully saturated rings. The van der Waals surface area contributed by atoms with Crippen LogP contribution in [0.15, 0.2) is 79.3 Å². The van der Waals surface area contributed by atoms with Gasteiger partial charge in [-0.15, -0.1) is 0 Å². The first-order valence-corrected chi connectivity index (χ1v) is 11.5. The summed E-state index contributed by atoms with van der Waals surface area (Å²) >= 11 is 0. The minimum Gasteiger partial charge on any atom is -0.491 e. The largest absolute Gasteiger partial charge is 0.491 e. The number of H-pyrrole nitrogens is 1. The number of imidazole rings is 1. The maximum atomic E-state index is 6.12. The van der Waals surface area contributed by atoms with Gasteiger partial charge in [-0.1, -0.05) is 42.5 Å². The standard InChI is InChI=1S/C28H25N5O/c1-19-31-25-9-7-22(15-26(25)32-19)21-8-10-27-24(14-21)17-33(11-12-34-27)28-23(16-29-18-30-28)13-20-5-3-2-4-6-20/h2-10,14-16,18H,11-13,17H2,1H3,(H,31,32). The maximum absolute atomic E-state index is 6.12. The molecule has 6 heteroatoms. The number of hydrogen-bond donors (Lipinski definition) is 1. The van der Waals surface area contributed by atoms with Crippen LogP contribution in [0, 0.1) is 6.92 Å². The monoisotopic (exact) mass is 447 g/mol. The molecule has 34 heavy (non-hydrogen) atoms. The van der Waals surface area contributed by atoms with E-state index in [9.17, 15) is 0 Å². The number of fused-ring (bicyclic) bond motifs is 2. The molecule has 1 N–H and O–H groups in total. The van der Waals surface area contributed by atoms with Gasteiger partial charge < -0.3 is 14.6 Å². The molecule has 1 aliphatic rings. The second-order valence-corrected chi connectivity index (χ2v) is 8.68. The molecule has 0 aliphatic carbocycles. The first kappa shape index (κ1) is 20.4. The van der Waals surface area contributed by atoms with Crippen molar-refractivity contribution in [2.75, 3.05) is 18.1 Å². The van der Waals surface area contributed by atoms with Crippen LogP contribution in [0.1, 0.15) is 22.5 Å². The summed E-state index contributed by atoms with van der Waals surface area (Å²) in [6.45, 7) is 4.09. The van der Waals surface area contributed by atoms with E-state index in [1.807, 2.05) is 19.2 Å². The minimum absolute atomic E-state index is 0.612. The summed E-state index contributed by atoms with van der Waals surface area (Å²) in [5.41, 5.74) is 7.87. The second kappa shape index (κ2) is 8.63. The molecular weight excluding hydrogens is 422 g/mol. The highest BCUT2D eigenvalue weighted by atomic mass is 16.5. The van der Waals surface area contributed by atoms with Crippen molar-refractivity contribution in [1.29, 1.82) is 0 Å². The van der Waals surface area contributed by atoms with Gasteiger partial charge in [-0.25, -0.2) is 15.0 Å². The fourth-order valence-corrected chi connectivity index (χ4v) is 4.65. The SMILES string of the molecule is Cc1nc2ccc(-c3ccc4c(c3)CN(c3ncncc3Cc3ccccc3)CCO4)cc2[nH]1. The highest BCUT2D eigenvalue weighted by molar-refractivity contribution is 5.82. The predicted molar refractivity (Wildman–Crippen MR) is 134 cm³/mol. The van der Waals surface area contributed by atoms with E-state index in [-0.39, 0.29) is 0 Å². The molecule has 0 bridgehead atoms. The first-order chi connectivity index (χ1) is 16.7. The molecule has 1 aliphatic heterocycles. The fourth-order valence-electron chi connectivity index (χ4n) is 4.65. The van der Waals surface area contributed by atoms with Crippen molar-refractivity contribution in [2.24, 2.45) is 0 Å². The number of aromatic amines is 1. The molecule has 0 radical (unpaired) electrons. The quantitative estimate of drug-likeness (QED) is 0.404. The zero-order valence-electron chi connectivity index (χ0n) is 19.0. The van der Waals surface area contributed by atoms with Crippen molar-refractivity contribution in [1.82, 2.24) is 19.9 Å². The number of aryl methyl sites for hydroxylation is 1. The van der Waals surface area contributed by atoms with Crippen LogP contribution in [0.25, 0.3) is 22.2 Å². The van der Waals surface area contributed by atoms with Gasteiger partial charge in [0.05, 0.1) is 17.6 Å². The van der Waals surface area contributed by atoms with Gasteiger partial charge in [-0.3, -0.25) is 0 Å². The lowest BCUT2D eigenvalue weighted by molar-refractivity contribution is 0.331. The van der Waals surface area contributed by atoms with Crippen molar-refractivity contribution in [3.8, 4) is 16.9 Å². The van der Waals surface area contributed by atoms with Crippen LogP contribution in [0.2, 0.25) is 0 Å². The van der Waals surface area contributed by atoms with Crippen LogP contribution >= 0.6 is 0 Å². The molecule has 3 aromatic carbocycles. The molecule has 5 aromatic rings. The highest BCUT2D eigenvalue weighted by Gasteiger charge is 2.20. The zero-order valence-corrected chi connectivity index (χ0v) is 19.0. The number of nitrogens with one attached hydrogen (secondary N) is 1. The summed E-state index contributed by atoms with van der Waals surface area (Å²) in [4.78, 5) is 19.1. The lowest BCUT2D eigenvalue weighted by atomic mass is 10.0. The lowest BCUT2D eigenvalue weighted by Gasteiger charge is -2.23. The number of benzene rings is 3. The van der Waals surface area contributed by atoms with Crippen LogP contribution in [0.5, 0.6) is 5.75 Å². The third-order valence-electron chi connectivity index (χ3n) is 6.28. The third kappa shape index (κ3) is 3.99. The van der Waals surface area contributed by atoms with Gasteiger partial charge in [-0.2, -0.15) is 0 Å². The topological polar surface area (TPSA) is 66.9 Å². The molecule has 2 aromatic heterocycles. The predicted octanol–water partition coefficient (Wildman–Crippen LogP) is 5.32. The second-order valence-electron chi connectivity index (χ2n) is 8.68. The van der Waals surface area contributed by atoms with E-state index in [1.54, 1.807) is 6.33 Å². The summed E-state index contributed by atoms with van der Waals surface area (Å²) in [6, 6.07) is 23.3. The number of aromatic nitrogens is 4. The molecule has 0 atom stereocenters. The van der Waals surface area contributed by atoms with Gasteiger partial charge in [0.15, 0.2) is 0 Å². The number of rotatable bonds is 4. The van der Waals surface area contributed by atoms with Gasteiger partial charge in [0.2, 0.25) is 0 Å². The van der Waals surface area contributed by atoms with E-state index >= 15 is 0 Å². The van der Waals surface area contributed by atoms with E-state index in [0.717, 1.165) is 70.2 Å². The summed E-state index contributed by atoms with van der Waals surface area (Å²) in [6.07, 6.45) is 4.36. The average molecular weight is 448 g/mol. The fraction of sp³-hybridized carbons (Fsp3) is 0.179. The van der Waals surface area contributed by atoms with Crippen LogP contribution in [-0.4, -0.2) is 33.1 Å². The summed E-state index contributed by atoms with van der Waals surface area (Å²) in [5, 5.41) is 0. The van der Waals surface area contributed by atoms with Crippen molar-refractivity contribution in [3.05, 3.63) is 102 Å². The van der Waals surface area contributed by atoms with E-state index in [0.29, 0.717) is 6.61 Å². The Balaban J connectivity index is 1.33. The minimum atomic E-state index is 0.612. The molecule has 6 nitrogen and oxygen atoms in total. The number of anilines is 1. The Morgan fingerprint density at radius 2 is 1.85 bits per heavy atom. The normalized spacial score (nSPS) is 13.4. The van der Waals surface area contributed by atoms with E-state index in [2.05, 4.69) is 85.5 Å². The third-order valence-corrected chi connectivity index (χ3v) is 6.28. The zero-order chi connectivity index (χ0) is 22.9. The summed E-state index contributed by atoms with van der Waals surface area (Å²) in [7, 11) is 0. The molecule has 0 unspecified atom stereocenters. The van der Waals surface area contributed by atoms with Gasteiger partial charge in [-0.05, 0) is 47.9 Å². The Hall–Kier alpha value is -4.19. The van der Waals surface area contributed by atoms with Gasteiger partial charge in [0, 0.05) is 30.3 Å². The molecule has 0 saturated carbocycles. The summed E-state index contributed by atoms with van der Waals surface area (Å²) < 4.78 is 6.12. The Labute approximate surface area is 198 Å².